The van der Waals surface area contributed by atoms with Crippen LogP contribution in [0.1, 0.15) is 43.8 Å². The van der Waals surface area contributed by atoms with Gasteiger partial charge in [0, 0.05) is 24.5 Å². The molecule has 1 aliphatic heterocycles. The maximum absolute atomic E-state index is 4.70. The van der Waals surface area contributed by atoms with Crippen LogP contribution >= 0.6 is 11.3 Å². The number of nitrogens with zero attached hydrogens (tertiary/aromatic N) is 2. The molecule has 2 rings (SSSR count). The van der Waals surface area contributed by atoms with Gasteiger partial charge in [-0.1, -0.05) is 13.8 Å². The van der Waals surface area contributed by atoms with Crippen molar-refractivity contribution in [1.82, 2.24) is 15.2 Å². The lowest BCUT2D eigenvalue weighted by Gasteiger charge is -2.34. The summed E-state index contributed by atoms with van der Waals surface area (Å²) < 4.78 is 0. The summed E-state index contributed by atoms with van der Waals surface area (Å²) >= 11 is 1.80. The Balaban J connectivity index is 1.95. The van der Waals surface area contributed by atoms with E-state index in [9.17, 15) is 0 Å². The summed E-state index contributed by atoms with van der Waals surface area (Å²) in [7, 11) is 0. The molecule has 0 aliphatic carbocycles. The highest BCUT2D eigenvalue weighted by Gasteiger charge is 2.21. The van der Waals surface area contributed by atoms with Crippen molar-refractivity contribution < 1.29 is 0 Å². The van der Waals surface area contributed by atoms with Gasteiger partial charge in [-0.25, -0.2) is 4.98 Å². The number of aryl methyl sites for hydroxylation is 1. The molecule has 1 saturated heterocycles. The molecule has 0 amide bonds. The third-order valence-corrected chi connectivity index (χ3v) is 4.61. The first kappa shape index (κ1) is 14.0. The first-order valence-electron chi connectivity index (χ1n) is 7.21. The Kier molecular flexibility index (Phi) is 5.60. The van der Waals surface area contributed by atoms with Crippen LogP contribution in [0.2, 0.25) is 0 Å². The van der Waals surface area contributed by atoms with Gasteiger partial charge in [0.1, 0.15) is 0 Å². The van der Waals surface area contributed by atoms with Gasteiger partial charge in [-0.2, -0.15) is 0 Å². The summed E-state index contributed by atoms with van der Waals surface area (Å²) in [5.74, 6) is 0. The number of piperidine rings is 1. The number of nitrogens with one attached hydrogen (secondary N) is 1. The molecule has 1 N–H and O–H groups in total. The molecule has 1 aliphatic rings. The van der Waals surface area contributed by atoms with Gasteiger partial charge in [-0.3, -0.25) is 4.90 Å². The highest BCUT2D eigenvalue weighted by molar-refractivity contribution is 7.09. The van der Waals surface area contributed by atoms with E-state index in [2.05, 4.69) is 29.4 Å². The van der Waals surface area contributed by atoms with Gasteiger partial charge in [0.15, 0.2) is 0 Å². The molecule has 1 fully saturated rings. The van der Waals surface area contributed by atoms with E-state index >= 15 is 0 Å². The van der Waals surface area contributed by atoms with Crippen LogP contribution in [0, 0.1) is 0 Å². The van der Waals surface area contributed by atoms with E-state index < -0.39 is 0 Å². The minimum atomic E-state index is 0.700. The van der Waals surface area contributed by atoms with Crippen LogP contribution in [0.15, 0.2) is 5.38 Å². The normalized spacial score (nSPS) is 20.5. The third kappa shape index (κ3) is 3.77. The Bertz CT molecular complexity index is 345. The average Bonchev–Trinajstić information content (AvgIpc) is 2.87. The van der Waals surface area contributed by atoms with Gasteiger partial charge in [0.05, 0.1) is 10.7 Å². The topological polar surface area (TPSA) is 28.2 Å². The Labute approximate surface area is 115 Å². The molecule has 4 heteroatoms. The Morgan fingerprint density at radius 3 is 3.00 bits per heavy atom. The van der Waals surface area contributed by atoms with Crippen LogP contribution < -0.4 is 5.32 Å². The summed E-state index contributed by atoms with van der Waals surface area (Å²) in [6, 6.07) is 0.700. The monoisotopic (exact) mass is 267 g/mol. The van der Waals surface area contributed by atoms with Crippen molar-refractivity contribution in [3.8, 4) is 0 Å². The second-order valence-corrected chi connectivity index (χ2v) is 6.00. The minimum absolute atomic E-state index is 0.700. The number of hydrogen-bond acceptors (Lipinski definition) is 4. The molecule has 1 aromatic heterocycles. The van der Waals surface area contributed by atoms with Crippen LogP contribution in [0.4, 0.5) is 0 Å². The molecule has 1 unspecified atom stereocenters. The molecule has 2 heterocycles. The highest BCUT2D eigenvalue weighted by atomic mass is 32.1. The Morgan fingerprint density at radius 1 is 1.50 bits per heavy atom. The van der Waals surface area contributed by atoms with E-state index in [-0.39, 0.29) is 0 Å². The molecule has 0 spiro atoms. The molecule has 1 atom stereocenters. The average molecular weight is 267 g/mol. The molecule has 102 valence electrons. The van der Waals surface area contributed by atoms with Gasteiger partial charge >= 0.3 is 0 Å². The van der Waals surface area contributed by atoms with E-state index in [1.807, 2.05) is 0 Å². The molecule has 18 heavy (non-hydrogen) atoms. The lowest BCUT2D eigenvalue weighted by Crippen LogP contribution is -2.45. The highest BCUT2D eigenvalue weighted by Crippen LogP contribution is 2.17. The fraction of sp³-hybridized carbons (Fsp3) is 0.786. The first-order valence-corrected chi connectivity index (χ1v) is 8.09. The van der Waals surface area contributed by atoms with Crippen LogP contribution in [-0.2, 0) is 13.0 Å². The standard InChI is InChI=1S/C14H25N3S/c1-3-8-17(13-6-5-7-15-9-13)10-12-11-18-14(4-2)16-12/h11,13,15H,3-10H2,1-2H3. The number of aromatic nitrogens is 1. The van der Waals surface area contributed by atoms with Gasteiger partial charge in [-0.05, 0) is 38.8 Å². The second-order valence-electron chi connectivity index (χ2n) is 5.06. The Hall–Kier alpha value is -0.450. The predicted octanol–water partition coefficient (Wildman–Crippen LogP) is 2.67. The number of rotatable bonds is 6. The zero-order valence-corrected chi connectivity index (χ0v) is 12.4. The number of thiazole rings is 1. The SMILES string of the molecule is CCCN(Cc1csc(CC)n1)C1CCCNC1. The van der Waals surface area contributed by atoms with E-state index in [0.717, 1.165) is 19.5 Å². The van der Waals surface area contributed by atoms with Crippen molar-refractivity contribution in [1.29, 1.82) is 0 Å². The molecule has 0 aromatic carbocycles. The molecule has 0 radical (unpaired) electrons. The van der Waals surface area contributed by atoms with Gasteiger partial charge in [-0.15, -0.1) is 11.3 Å². The largest absolute Gasteiger partial charge is 0.315 e. The lowest BCUT2D eigenvalue weighted by atomic mass is 10.1. The van der Waals surface area contributed by atoms with E-state index in [1.54, 1.807) is 11.3 Å². The smallest absolute Gasteiger partial charge is 0.0926 e. The predicted molar refractivity (Wildman–Crippen MR) is 78.1 cm³/mol. The van der Waals surface area contributed by atoms with Gasteiger partial charge in [0.2, 0.25) is 0 Å². The van der Waals surface area contributed by atoms with Crippen molar-refractivity contribution in [3.05, 3.63) is 16.1 Å². The van der Waals surface area contributed by atoms with Crippen LogP contribution in [0.3, 0.4) is 0 Å². The van der Waals surface area contributed by atoms with Gasteiger partial charge < -0.3 is 5.32 Å². The molecular weight excluding hydrogens is 242 g/mol. The fourth-order valence-electron chi connectivity index (χ4n) is 2.62. The summed E-state index contributed by atoms with van der Waals surface area (Å²) in [6.07, 6.45) is 4.92. The third-order valence-electron chi connectivity index (χ3n) is 3.56. The van der Waals surface area contributed by atoms with Crippen molar-refractivity contribution >= 4 is 11.3 Å². The van der Waals surface area contributed by atoms with Gasteiger partial charge in [0.25, 0.3) is 0 Å². The maximum atomic E-state index is 4.70. The van der Waals surface area contributed by atoms with Crippen LogP contribution in [0.25, 0.3) is 0 Å². The quantitative estimate of drug-likeness (QED) is 0.859. The molecule has 0 bridgehead atoms. The summed E-state index contributed by atoms with van der Waals surface area (Å²) in [4.78, 5) is 7.31. The molecular formula is C14H25N3S. The molecule has 0 saturated carbocycles. The zero-order valence-electron chi connectivity index (χ0n) is 11.6. The molecule has 3 nitrogen and oxygen atoms in total. The Morgan fingerprint density at radius 2 is 2.39 bits per heavy atom. The first-order chi connectivity index (χ1) is 8.83. The summed E-state index contributed by atoms with van der Waals surface area (Å²) in [5, 5.41) is 7.02. The lowest BCUT2D eigenvalue weighted by molar-refractivity contribution is 0.156. The zero-order chi connectivity index (χ0) is 12.8. The van der Waals surface area contributed by atoms with E-state index in [4.69, 9.17) is 4.98 Å². The number of hydrogen-bond donors (Lipinski definition) is 1. The molecule has 1 aromatic rings. The summed E-state index contributed by atoms with van der Waals surface area (Å²) in [6.45, 7) is 8.99. The maximum Gasteiger partial charge on any atom is 0.0926 e. The van der Waals surface area contributed by atoms with Crippen LogP contribution in [-0.4, -0.2) is 35.6 Å². The minimum Gasteiger partial charge on any atom is -0.315 e. The van der Waals surface area contributed by atoms with Crippen molar-refractivity contribution in [2.45, 2.75) is 52.1 Å². The van der Waals surface area contributed by atoms with E-state index in [0.29, 0.717) is 6.04 Å². The van der Waals surface area contributed by atoms with Crippen molar-refractivity contribution in [2.75, 3.05) is 19.6 Å². The van der Waals surface area contributed by atoms with Crippen molar-refractivity contribution in [3.63, 3.8) is 0 Å². The van der Waals surface area contributed by atoms with E-state index in [1.165, 1.54) is 43.1 Å². The fourth-order valence-corrected chi connectivity index (χ4v) is 3.35. The second kappa shape index (κ2) is 7.22. The van der Waals surface area contributed by atoms with Crippen molar-refractivity contribution in [2.24, 2.45) is 0 Å². The van der Waals surface area contributed by atoms with Crippen LogP contribution in [0.5, 0.6) is 0 Å². The summed E-state index contributed by atoms with van der Waals surface area (Å²) in [5.41, 5.74) is 1.26.